The van der Waals surface area contributed by atoms with Crippen LogP contribution in [0.5, 0.6) is 11.5 Å². The van der Waals surface area contributed by atoms with E-state index in [0.717, 1.165) is 0 Å². The molecule has 0 bridgehead atoms. The lowest BCUT2D eigenvalue weighted by molar-refractivity contribution is -0.117. The van der Waals surface area contributed by atoms with Crippen LogP contribution in [0, 0.1) is 0 Å². The molecular formula is C18H14Br2N2O4. The Morgan fingerprint density at radius 2 is 1.73 bits per heavy atom. The highest BCUT2D eigenvalue weighted by atomic mass is 79.9. The highest BCUT2D eigenvalue weighted by Gasteiger charge is 2.34. The van der Waals surface area contributed by atoms with Crippen LogP contribution in [-0.4, -0.2) is 26.0 Å². The molecule has 2 aromatic carbocycles. The summed E-state index contributed by atoms with van der Waals surface area (Å²) in [6, 6.07) is 10.6. The van der Waals surface area contributed by atoms with E-state index in [1.165, 1.54) is 25.3 Å². The highest BCUT2D eigenvalue weighted by Crippen LogP contribution is 2.43. The van der Waals surface area contributed by atoms with Crippen molar-refractivity contribution < 1.29 is 19.1 Å². The zero-order valence-corrected chi connectivity index (χ0v) is 17.0. The summed E-state index contributed by atoms with van der Waals surface area (Å²) >= 11 is 6.89. The van der Waals surface area contributed by atoms with Gasteiger partial charge in [-0.25, -0.2) is 5.01 Å². The smallest absolute Gasteiger partial charge is 0.282 e. The molecule has 1 fully saturated rings. The number of hydrogen-bond acceptors (Lipinski definition) is 4. The van der Waals surface area contributed by atoms with Gasteiger partial charge in [0.15, 0.2) is 11.5 Å². The molecule has 0 aliphatic carbocycles. The second-order valence-electron chi connectivity index (χ2n) is 5.30. The number of anilines is 1. The fourth-order valence-electron chi connectivity index (χ4n) is 2.52. The van der Waals surface area contributed by atoms with Gasteiger partial charge in [-0.1, -0.05) is 18.2 Å². The summed E-state index contributed by atoms with van der Waals surface area (Å²) in [7, 11) is 3.04. The summed E-state index contributed by atoms with van der Waals surface area (Å²) in [6.07, 6.45) is 1.51. The van der Waals surface area contributed by atoms with Gasteiger partial charge in [0.25, 0.3) is 11.8 Å². The van der Waals surface area contributed by atoms with E-state index in [0.29, 0.717) is 31.7 Å². The van der Waals surface area contributed by atoms with Crippen LogP contribution in [0.2, 0.25) is 0 Å². The first kappa shape index (κ1) is 18.5. The Hall–Kier alpha value is -2.32. The molecule has 1 aliphatic heterocycles. The number of methoxy groups -OCH3 is 2. The van der Waals surface area contributed by atoms with Gasteiger partial charge >= 0.3 is 0 Å². The van der Waals surface area contributed by atoms with E-state index in [-0.39, 0.29) is 5.57 Å². The van der Waals surface area contributed by atoms with Crippen molar-refractivity contribution in [2.24, 2.45) is 0 Å². The molecule has 1 aliphatic rings. The molecule has 2 amide bonds. The molecule has 26 heavy (non-hydrogen) atoms. The maximum absolute atomic E-state index is 12.7. The van der Waals surface area contributed by atoms with Crippen LogP contribution < -0.4 is 19.9 Å². The topological polar surface area (TPSA) is 67.9 Å². The van der Waals surface area contributed by atoms with E-state index in [4.69, 9.17) is 9.47 Å². The molecular weight excluding hydrogens is 468 g/mol. The van der Waals surface area contributed by atoms with Crippen LogP contribution in [0.15, 0.2) is 50.9 Å². The van der Waals surface area contributed by atoms with E-state index in [9.17, 15) is 9.59 Å². The standard InChI is InChI=1S/C18H14Br2N2O4/c1-25-13-9-10(14(19)15(20)16(13)26-2)8-12-17(23)21-22(18(12)24)11-6-4-3-5-7-11/h3-9H,1-2H3,(H,21,23)/b12-8-. The van der Waals surface area contributed by atoms with Crippen LogP contribution in [0.1, 0.15) is 5.56 Å². The number of hydrazine groups is 1. The Morgan fingerprint density at radius 1 is 1.04 bits per heavy atom. The normalized spacial score (nSPS) is 15.4. The first-order valence-corrected chi connectivity index (χ1v) is 9.08. The number of benzene rings is 2. The molecule has 1 heterocycles. The molecule has 0 spiro atoms. The van der Waals surface area contributed by atoms with Crippen molar-refractivity contribution in [2.75, 3.05) is 19.2 Å². The van der Waals surface area contributed by atoms with E-state index < -0.39 is 11.8 Å². The van der Waals surface area contributed by atoms with Gasteiger partial charge in [0, 0.05) is 4.47 Å². The number of nitrogens with one attached hydrogen (secondary N) is 1. The molecule has 2 aromatic rings. The van der Waals surface area contributed by atoms with E-state index in [2.05, 4.69) is 37.3 Å². The van der Waals surface area contributed by atoms with Gasteiger partial charge in [-0.2, -0.15) is 0 Å². The number of halogens is 2. The summed E-state index contributed by atoms with van der Waals surface area (Å²) < 4.78 is 11.9. The lowest BCUT2D eigenvalue weighted by atomic mass is 10.1. The van der Waals surface area contributed by atoms with Gasteiger partial charge in [0.2, 0.25) is 0 Å². The minimum absolute atomic E-state index is 0.0219. The van der Waals surface area contributed by atoms with E-state index >= 15 is 0 Å². The fourth-order valence-corrected chi connectivity index (χ4v) is 3.52. The van der Waals surface area contributed by atoms with Gasteiger partial charge < -0.3 is 9.47 Å². The molecule has 1 saturated heterocycles. The van der Waals surface area contributed by atoms with Gasteiger partial charge in [0.05, 0.1) is 24.4 Å². The van der Waals surface area contributed by atoms with Crippen molar-refractivity contribution in [3.8, 4) is 11.5 Å². The van der Waals surface area contributed by atoms with E-state index in [1.807, 2.05) is 6.07 Å². The number of amides is 2. The summed E-state index contributed by atoms with van der Waals surface area (Å²) in [5.41, 5.74) is 3.78. The minimum Gasteiger partial charge on any atom is -0.493 e. The van der Waals surface area contributed by atoms with E-state index in [1.54, 1.807) is 30.3 Å². The Bertz CT molecular complexity index is 913. The van der Waals surface area contributed by atoms with Crippen molar-refractivity contribution in [3.05, 3.63) is 56.5 Å². The molecule has 134 valence electrons. The summed E-state index contributed by atoms with van der Waals surface area (Å²) in [4.78, 5) is 25.0. The van der Waals surface area contributed by atoms with Crippen LogP contribution >= 0.6 is 31.9 Å². The lowest BCUT2D eigenvalue weighted by Gasteiger charge is -2.14. The monoisotopic (exact) mass is 480 g/mol. The predicted octanol–water partition coefficient (Wildman–Crippen LogP) is 3.69. The number of para-hydroxylation sites is 1. The van der Waals surface area contributed by atoms with Crippen LogP contribution in [0.4, 0.5) is 5.69 Å². The fraction of sp³-hybridized carbons (Fsp3) is 0.111. The minimum atomic E-state index is -0.475. The number of carbonyl (C=O) groups excluding carboxylic acids is 2. The number of ether oxygens (including phenoxy) is 2. The Balaban J connectivity index is 2.04. The molecule has 0 radical (unpaired) electrons. The molecule has 0 saturated carbocycles. The summed E-state index contributed by atoms with van der Waals surface area (Å²) in [5, 5.41) is 1.22. The quantitative estimate of drug-likeness (QED) is 0.534. The number of rotatable bonds is 4. The molecule has 1 N–H and O–H groups in total. The molecule has 8 heteroatoms. The van der Waals surface area contributed by atoms with Crippen molar-refractivity contribution in [1.82, 2.24) is 5.43 Å². The number of nitrogens with zero attached hydrogens (tertiary/aromatic N) is 1. The maximum atomic E-state index is 12.7. The molecule has 6 nitrogen and oxygen atoms in total. The summed E-state index contributed by atoms with van der Waals surface area (Å²) in [5.74, 6) is 0.0745. The highest BCUT2D eigenvalue weighted by molar-refractivity contribution is 9.13. The SMILES string of the molecule is COc1cc(/C=C2/C(=O)NN(c3ccccc3)C2=O)c(Br)c(Br)c1OC. The third-order valence-corrected chi connectivity index (χ3v) is 5.93. The van der Waals surface area contributed by atoms with Gasteiger partial charge in [-0.15, -0.1) is 0 Å². The Labute approximate surface area is 167 Å². The predicted molar refractivity (Wildman–Crippen MR) is 105 cm³/mol. The average Bonchev–Trinajstić information content (AvgIpc) is 2.94. The number of carbonyl (C=O) groups is 2. The molecule has 0 atom stereocenters. The second-order valence-corrected chi connectivity index (χ2v) is 6.89. The third kappa shape index (κ3) is 3.22. The maximum Gasteiger partial charge on any atom is 0.282 e. The van der Waals surface area contributed by atoms with Crippen molar-refractivity contribution in [1.29, 1.82) is 0 Å². The Morgan fingerprint density at radius 3 is 2.35 bits per heavy atom. The van der Waals surface area contributed by atoms with Crippen molar-refractivity contribution in [2.45, 2.75) is 0 Å². The van der Waals surface area contributed by atoms with Gasteiger partial charge in [-0.3, -0.25) is 15.0 Å². The van der Waals surface area contributed by atoms with Gasteiger partial charge in [-0.05, 0) is 61.7 Å². The number of hydrogen-bond donors (Lipinski definition) is 1. The first-order valence-electron chi connectivity index (χ1n) is 7.50. The van der Waals surface area contributed by atoms with Gasteiger partial charge in [0.1, 0.15) is 5.57 Å². The zero-order chi connectivity index (χ0) is 18.8. The van der Waals surface area contributed by atoms with Crippen LogP contribution in [0.25, 0.3) is 6.08 Å². The van der Waals surface area contributed by atoms with Crippen LogP contribution in [0.3, 0.4) is 0 Å². The summed E-state index contributed by atoms with van der Waals surface area (Å²) in [6.45, 7) is 0. The molecule has 3 rings (SSSR count). The lowest BCUT2D eigenvalue weighted by Crippen LogP contribution is -2.35. The Kier molecular flexibility index (Phi) is 5.33. The first-order chi connectivity index (χ1) is 12.5. The second kappa shape index (κ2) is 7.51. The average molecular weight is 482 g/mol. The molecule has 0 aromatic heterocycles. The van der Waals surface area contributed by atoms with Crippen LogP contribution in [-0.2, 0) is 9.59 Å². The largest absolute Gasteiger partial charge is 0.493 e. The zero-order valence-electron chi connectivity index (χ0n) is 13.9. The van der Waals surface area contributed by atoms with Crippen molar-refractivity contribution in [3.63, 3.8) is 0 Å². The third-order valence-electron chi connectivity index (χ3n) is 3.79. The van der Waals surface area contributed by atoms with Crippen molar-refractivity contribution >= 4 is 55.4 Å². The molecule has 0 unspecified atom stereocenters.